The van der Waals surface area contributed by atoms with Gasteiger partial charge in [0, 0.05) is 18.0 Å². The average molecular weight is 246 g/mol. The molecule has 1 N–H and O–H groups in total. The molecule has 96 valence electrons. The first-order valence-electron chi connectivity index (χ1n) is 6.12. The lowest BCUT2D eigenvalue weighted by Crippen LogP contribution is -2.15. The lowest BCUT2D eigenvalue weighted by Gasteiger charge is -2.22. The number of hydrogen-bond donors (Lipinski definition) is 1. The number of hydrogen-bond acceptors (Lipinski definition) is 2. The van der Waals surface area contributed by atoms with E-state index in [-0.39, 0.29) is 11.2 Å². The molecule has 0 bridgehead atoms. The van der Waals surface area contributed by atoms with Crippen molar-refractivity contribution >= 4 is 16.7 Å². The van der Waals surface area contributed by atoms with Gasteiger partial charge in [-0.2, -0.15) is 0 Å². The van der Waals surface area contributed by atoms with Crippen LogP contribution in [0.2, 0.25) is 0 Å². The van der Waals surface area contributed by atoms with Gasteiger partial charge in [-0.1, -0.05) is 20.8 Å². The summed E-state index contributed by atoms with van der Waals surface area (Å²) in [6, 6.07) is 5.52. The minimum atomic E-state index is -0.262. The quantitative estimate of drug-likeness (QED) is 0.822. The van der Waals surface area contributed by atoms with Crippen LogP contribution in [0.25, 0.3) is 10.9 Å². The highest BCUT2D eigenvalue weighted by Gasteiger charge is 2.20. The van der Waals surface area contributed by atoms with E-state index in [1.165, 1.54) is 6.07 Å². The van der Waals surface area contributed by atoms with Crippen molar-refractivity contribution in [2.45, 2.75) is 33.1 Å². The molecule has 0 saturated carbocycles. The first kappa shape index (κ1) is 12.8. The third-order valence-electron chi connectivity index (χ3n) is 3.06. The summed E-state index contributed by atoms with van der Waals surface area (Å²) >= 11 is 0. The van der Waals surface area contributed by atoms with Gasteiger partial charge < -0.3 is 5.32 Å². The number of fused-ring (bicyclic) bond motifs is 1. The minimum Gasteiger partial charge on any atom is -0.373 e. The molecule has 1 aromatic carbocycles. The molecule has 0 unspecified atom stereocenters. The predicted octanol–water partition coefficient (Wildman–Crippen LogP) is 4.02. The molecule has 2 nitrogen and oxygen atoms in total. The molecule has 0 fully saturated rings. The molecular weight excluding hydrogens is 227 g/mol. The van der Waals surface area contributed by atoms with E-state index in [0.29, 0.717) is 5.52 Å². The number of halogens is 1. The SMILES string of the molecule is CNc1nc2c(F)cc(C)cc2cc1C(C)(C)C. The van der Waals surface area contributed by atoms with E-state index in [1.54, 1.807) is 0 Å². The van der Waals surface area contributed by atoms with Crippen LogP contribution in [0.15, 0.2) is 18.2 Å². The summed E-state index contributed by atoms with van der Waals surface area (Å²) in [7, 11) is 1.81. The second-order valence-electron chi connectivity index (χ2n) is 5.70. The molecule has 1 heterocycles. The van der Waals surface area contributed by atoms with E-state index >= 15 is 0 Å². The van der Waals surface area contributed by atoms with Crippen molar-refractivity contribution in [3.8, 4) is 0 Å². The van der Waals surface area contributed by atoms with Gasteiger partial charge in [0.15, 0.2) is 0 Å². The van der Waals surface area contributed by atoms with Crippen molar-refractivity contribution in [2.24, 2.45) is 0 Å². The van der Waals surface area contributed by atoms with E-state index in [1.807, 2.05) is 26.1 Å². The summed E-state index contributed by atoms with van der Waals surface area (Å²) in [6.45, 7) is 8.28. The fourth-order valence-corrected chi connectivity index (χ4v) is 2.15. The molecular formula is C15H19FN2. The maximum Gasteiger partial charge on any atom is 0.149 e. The Kier molecular flexibility index (Phi) is 3.01. The molecule has 3 heteroatoms. The van der Waals surface area contributed by atoms with Crippen molar-refractivity contribution in [1.82, 2.24) is 4.98 Å². The Labute approximate surface area is 107 Å². The topological polar surface area (TPSA) is 24.9 Å². The summed E-state index contributed by atoms with van der Waals surface area (Å²) in [4.78, 5) is 4.41. The highest BCUT2D eigenvalue weighted by molar-refractivity contribution is 5.83. The molecule has 0 radical (unpaired) electrons. The summed E-state index contributed by atoms with van der Waals surface area (Å²) in [6.07, 6.45) is 0. The van der Waals surface area contributed by atoms with Gasteiger partial charge in [-0.3, -0.25) is 0 Å². The van der Waals surface area contributed by atoms with E-state index in [0.717, 1.165) is 22.3 Å². The first-order chi connectivity index (χ1) is 8.32. The second-order valence-corrected chi connectivity index (χ2v) is 5.70. The van der Waals surface area contributed by atoms with Crippen LogP contribution in [0.4, 0.5) is 10.2 Å². The molecule has 0 saturated heterocycles. The lowest BCUT2D eigenvalue weighted by molar-refractivity contribution is 0.590. The second kappa shape index (κ2) is 4.23. The maximum atomic E-state index is 13.9. The van der Waals surface area contributed by atoms with Crippen LogP contribution in [0.5, 0.6) is 0 Å². The Morgan fingerprint density at radius 2 is 1.83 bits per heavy atom. The third-order valence-corrected chi connectivity index (χ3v) is 3.06. The summed E-state index contributed by atoms with van der Waals surface area (Å²) in [5.41, 5.74) is 2.42. The number of aryl methyl sites for hydroxylation is 1. The lowest BCUT2D eigenvalue weighted by atomic mass is 9.86. The number of nitrogens with zero attached hydrogens (tertiary/aromatic N) is 1. The van der Waals surface area contributed by atoms with Crippen molar-refractivity contribution in [1.29, 1.82) is 0 Å². The van der Waals surface area contributed by atoms with Gasteiger partial charge in [-0.05, 0) is 36.1 Å². The van der Waals surface area contributed by atoms with Crippen LogP contribution in [0.1, 0.15) is 31.9 Å². The highest BCUT2D eigenvalue weighted by atomic mass is 19.1. The van der Waals surface area contributed by atoms with Gasteiger partial charge in [0.25, 0.3) is 0 Å². The number of anilines is 1. The zero-order valence-corrected chi connectivity index (χ0v) is 11.6. The van der Waals surface area contributed by atoms with Crippen molar-refractivity contribution < 1.29 is 4.39 Å². The predicted molar refractivity (Wildman–Crippen MR) is 74.7 cm³/mol. The Bertz CT molecular complexity index is 597. The molecule has 18 heavy (non-hydrogen) atoms. The largest absolute Gasteiger partial charge is 0.373 e. The number of nitrogens with one attached hydrogen (secondary N) is 1. The monoisotopic (exact) mass is 246 g/mol. The smallest absolute Gasteiger partial charge is 0.149 e. The molecule has 1 aromatic heterocycles. The Morgan fingerprint density at radius 3 is 2.39 bits per heavy atom. The normalized spacial score (nSPS) is 11.9. The van der Waals surface area contributed by atoms with Crippen LogP contribution in [0.3, 0.4) is 0 Å². The van der Waals surface area contributed by atoms with Crippen LogP contribution >= 0.6 is 0 Å². The van der Waals surface area contributed by atoms with Gasteiger partial charge in [-0.25, -0.2) is 9.37 Å². The zero-order valence-electron chi connectivity index (χ0n) is 11.6. The Morgan fingerprint density at radius 1 is 1.17 bits per heavy atom. The molecule has 0 aliphatic heterocycles. The van der Waals surface area contributed by atoms with Crippen molar-refractivity contribution in [3.05, 3.63) is 35.1 Å². The standard InChI is InChI=1S/C15H19FN2/c1-9-6-10-8-11(15(2,3)4)14(17-5)18-13(10)12(16)7-9/h6-8H,1-5H3,(H,17,18). The number of benzene rings is 1. The van der Waals surface area contributed by atoms with Gasteiger partial charge in [0.2, 0.25) is 0 Å². The van der Waals surface area contributed by atoms with E-state index in [4.69, 9.17) is 0 Å². The fraction of sp³-hybridized carbons (Fsp3) is 0.400. The Hall–Kier alpha value is -1.64. The van der Waals surface area contributed by atoms with Gasteiger partial charge in [0.1, 0.15) is 17.2 Å². The fourth-order valence-electron chi connectivity index (χ4n) is 2.15. The number of aromatic nitrogens is 1. The number of rotatable bonds is 1. The molecule has 2 aromatic rings. The number of pyridine rings is 1. The van der Waals surface area contributed by atoms with E-state index < -0.39 is 0 Å². The summed E-state index contributed by atoms with van der Waals surface area (Å²) < 4.78 is 13.9. The third kappa shape index (κ3) is 2.17. The highest BCUT2D eigenvalue weighted by Crippen LogP contribution is 2.32. The van der Waals surface area contributed by atoms with Crippen LogP contribution < -0.4 is 5.32 Å². The van der Waals surface area contributed by atoms with Crippen LogP contribution in [-0.2, 0) is 5.41 Å². The average Bonchev–Trinajstić information content (AvgIpc) is 2.26. The van der Waals surface area contributed by atoms with Crippen molar-refractivity contribution in [3.63, 3.8) is 0 Å². The van der Waals surface area contributed by atoms with Gasteiger partial charge >= 0.3 is 0 Å². The first-order valence-corrected chi connectivity index (χ1v) is 6.12. The molecule has 0 spiro atoms. The van der Waals surface area contributed by atoms with E-state index in [2.05, 4.69) is 31.1 Å². The molecule has 0 aliphatic carbocycles. The van der Waals surface area contributed by atoms with Gasteiger partial charge in [-0.15, -0.1) is 0 Å². The maximum absolute atomic E-state index is 13.9. The van der Waals surface area contributed by atoms with Crippen LogP contribution in [0, 0.1) is 12.7 Å². The molecule has 0 atom stereocenters. The summed E-state index contributed by atoms with van der Waals surface area (Å²) in [5.74, 6) is 0.486. The van der Waals surface area contributed by atoms with Crippen LogP contribution in [-0.4, -0.2) is 12.0 Å². The molecule has 0 aliphatic rings. The van der Waals surface area contributed by atoms with Crippen molar-refractivity contribution in [2.75, 3.05) is 12.4 Å². The molecule has 2 rings (SSSR count). The van der Waals surface area contributed by atoms with Gasteiger partial charge in [0.05, 0.1) is 0 Å². The van der Waals surface area contributed by atoms with E-state index in [9.17, 15) is 4.39 Å². The summed E-state index contributed by atoms with van der Waals surface area (Å²) in [5, 5.41) is 3.92. The Balaban J connectivity index is 2.81. The molecule has 0 amide bonds. The minimum absolute atomic E-state index is 0.0280. The zero-order chi connectivity index (χ0) is 13.5.